The minimum absolute atomic E-state index is 0. The number of anilines is 1. The molecule has 30 heavy (non-hydrogen) atoms. The van der Waals surface area contributed by atoms with E-state index in [1.54, 1.807) is 28.8 Å². The molecule has 0 spiro atoms. The number of hydrogen-bond donors (Lipinski definition) is 1. The van der Waals surface area contributed by atoms with E-state index >= 15 is 0 Å². The Balaban J connectivity index is 0.00000256. The molecule has 4 nitrogen and oxygen atoms in total. The van der Waals surface area contributed by atoms with Crippen LogP contribution in [0.15, 0.2) is 85.1 Å². The fourth-order valence-corrected chi connectivity index (χ4v) is 3.48. The summed E-state index contributed by atoms with van der Waals surface area (Å²) in [5, 5.41) is 0.606. The zero-order chi connectivity index (χ0) is 20.4. The average molecular weight is 483 g/mol. The third-order valence-electron chi connectivity index (χ3n) is 5.05. The van der Waals surface area contributed by atoms with Gasteiger partial charge >= 0.3 is 5.95 Å². The fourth-order valence-electron chi connectivity index (χ4n) is 3.36. The van der Waals surface area contributed by atoms with Gasteiger partial charge in [-0.05, 0) is 35.4 Å². The predicted molar refractivity (Wildman–Crippen MR) is 117 cm³/mol. The maximum absolute atomic E-state index is 12.6. The van der Waals surface area contributed by atoms with Crippen molar-refractivity contribution >= 4 is 23.3 Å². The molecule has 0 atom stereocenters. The molecule has 0 bridgehead atoms. The highest BCUT2D eigenvalue weighted by Gasteiger charge is 2.20. The number of aromatic nitrogens is 2. The van der Waals surface area contributed by atoms with Crippen molar-refractivity contribution in [3.05, 3.63) is 95.6 Å². The summed E-state index contributed by atoms with van der Waals surface area (Å²) in [6.45, 7) is 0.170. The van der Waals surface area contributed by atoms with Crippen molar-refractivity contribution < 1.29 is 26.3 Å². The molecular weight excluding hydrogens is 462 g/mol. The summed E-state index contributed by atoms with van der Waals surface area (Å²) in [6.07, 6.45) is 1.92. The van der Waals surface area contributed by atoms with Crippen LogP contribution in [0.3, 0.4) is 0 Å². The van der Waals surface area contributed by atoms with E-state index in [1.807, 2.05) is 36.0 Å². The molecule has 0 unspecified atom stereocenters. The van der Waals surface area contributed by atoms with E-state index in [0.717, 1.165) is 16.8 Å². The van der Waals surface area contributed by atoms with Crippen LogP contribution in [0.2, 0.25) is 5.02 Å². The van der Waals surface area contributed by atoms with Gasteiger partial charge in [-0.1, -0.05) is 66.2 Å². The number of imidazole rings is 1. The fraction of sp³-hybridized carbons (Fsp3) is 0.0833. The summed E-state index contributed by atoms with van der Waals surface area (Å²) >= 11 is 5.90. The SMILES string of the molecule is Cn1c(-c2ccc(-c3ccccc3)cc2)c[n+](CC(=O)c2ccc(Cl)cc2)c1N.[Br-]. The van der Waals surface area contributed by atoms with E-state index < -0.39 is 0 Å². The smallest absolute Gasteiger partial charge is 0.355 e. The van der Waals surface area contributed by atoms with E-state index in [0.29, 0.717) is 16.5 Å². The van der Waals surface area contributed by atoms with Crippen LogP contribution < -0.4 is 27.3 Å². The Labute approximate surface area is 191 Å². The van der Waals surface area contributed by atoms with Gasteiger partial charge in [-0.2, -0.15) is 0 Å². The molecular formula is C24H21BrClN3O. The number of nitrogens with zero attached hydrogens (tertiary/aromatic N) is 2. The molecule has 152 valence electrons. The van der Waals surface area contributed by atoms with Crippen molar-refractivity contribution in [3.63, 3.8) is 0 Å². The number of ketones is 1. The lowest BCUT2D eigenvalue weighted by Gasteiger charge is -2.03. The number of benzene rings is 3. The normalized spacial score (nSPS) is 10.5. The van der Waals surface area contributed by atoms with E-state index in [9.17, 15) is 4.79 Å². The zero-order valence-electron chi connectivity index (χ0n) is 16.4. The second-order valence-electron chi connectivity index (χ2n) is 6.93. The summed E-state index contributed by atoms with van der Waals surface area (Å²) in [7, 11) is 1.90. The van der Waals surface area contributed by atoms with E-state index in [2.05, 4.69) is 36.4 Å². The quantitative estimate of drug-likeness (QED) is 0.348. The highest BCUT2D eigenvalue weighted by molar-refractivity contribution is 6.30. The van der Waals surface area contributed by atoms with Gasteiger partial charge in [0.2, 0.25) is 0 Å². The van der Waals surface area contributed by atoms with E-state index in [4.69, 9.17) is 17.3 Å². The average Bonchev–Trinajstić information content (AvgIpc) is 3.03. The third kappa shape index (κ3) is 4.48. The van der Waals surface area contributed by atoms with Crippen molar-refractivity contribution in [2.24, 2.45) is 7.05 Å². The number of nitrogens with two attached hydrogens (primary N) is 1. The first-order valence-electron chi connectivity index (χ1n) is 9.32. The molecule has 0 fully saturated rings. The molecule has 4 aromatic rings. The molecule has 1 aromatic heterocycles. The Morgan fingerprint density at radius 1 is 0.900 bits per heavy atom. The maximum atomic E-state index is 12.6. The molecule has 0 aliphatic heterocycles. The maximum Gasteiger partial charge on any atom is 0.355 e. The molecule has 1 heterocycles. The van der Waals surface area contributed by atoms with Crippen LogP contribution in [0, 0.1) is 0 Å². The Bertz CT molecular complexity index is 1150. The Kier molecular flexibility index (Phi) is 6.75. The minimum atomic E-state index is -0.0186. The predicted octanol–water partition coefficient (Wildman–Crippen LogP) is 1.77. The van der Waals surface area contributed by atoms with Crippen molar-refractivity contribution in [2.45, 2.75) is 6.54 Å². The van der Waals surface area contributed by atoms with Gasteiger partial charge in [0.1, 0.15) is 18.4 Å². The Morgan fingerprint density at radius 3 is 2.10 bits per heavy atom. The first-order valence-corrected chi connectivity index (χ1v) is 9.70. The van der Waals surface area contributed by atoms with Crippen LogP contribution in [0.1, 0.15) is 10.4 Å². The van der Waals surface area contributed by atoms with Crippen LogP contribution in [0.5, 0.6) is 0 Å². The van der Waals surface area contributed by atoms with Gasteiger partial charge in [-0.25, -0.2) is 9.13 Å². The number of hydrogen-bond acceptors (Lipinski definition) is 2. The van der Waals surface area contributed by atoms with Gasteiger partial charge < -0.3 is 17.0 Å². The van der Waals surface area contributed by atoms with Crippen molar-refractivity contribution in [1.29, 1.82) is 0 Å². The third-order valence-corrected chi connectivity index (χ3v) is 5.30. The minimum Gasteiger partial charge on any atom is -1.00 e. The number of carbonyl (C=O) groups excluding carboxylic acids is 1. The highest BCUT2D eigenvalue weighted by atomic mass is 79.9. The van der Waals surface area contributed by atoms with Gasteiger partial charge in [0.25, 0.3) is 0 Å². The molecule has 0 radical (unpaired) electrons. The molecule has 4 rings (SSSR count). The van der Waals surface area contributed by atoms with Crippen LogP contribution in [-0.2, 0) is 13.6 Å². The van der Waals surface area contributed by atoms with Gasteiger partial charge in [0.15, 0.2) is 5.78 Å². The lowest BCUT2D eigenvalue weighted by Crippen LogP contribution is -3.00. The summed E-state index contributed by atoms with van der Waals surface area (Å²) in [4.78, 5) is 12.6. The number of nitrogen functional groups attached to an aromatic ring is 1. The number of halogens is 2. The molecule has 0 aliphatic rings. The summed E-state index contributed by atoms with van der Waals surface area (Å²) in [5.41, 5.74) is 11.2. The number of Topliss-reactive ketones (excluding diaryl/α,β-unsaturated/α-hetero) is 1. The van der Waals surface area contributed by atoms with Crippen LogP contribution >= 0.6 is 11.6 Å². The van der Waals surface area contributed by atoms with E-state index in [1.165, 1.54) is 5.56 Å². The molecule has 6 heteroatoms. The van der Waals surface area contributed by atoms with Gasteiger partial charge in [0.05, 0.1) is 7.05 Å². The molecule has 0 amide bonds. The second-order valence-corrected chi connectivity index (χ2v) is 7.37. The zero-order valence-corrected chi connectivity index (χ0v) is 18.8. The van der Waals surface area contributed by atoms with Crippen molar-refractivity contribution in [1.82, 2.24) is 4.57 Å². The lowest BCUT2D eigenvalue weighted by molar-refractivity contribution is -0.667. The second kappa shape index (κ2) is 9.28. The molecule has 0 saturated heterocycles. The first kappa shape index (κ1) is 21.8. The number of rotatable bonds is 5. The molecule has 0 aliphatic carbocycles. The van der Waals surface area contributed by atoms with Gasteiger partial charge in [-0.15, -0.1) is 0 Å². The summed E-state index contributed by atoms with van der Waals surface area (Å²) in [6, 6.07) is 25.5. The standard InChI is InChI=1S/C24H20ClN3O.BrH/c1-27-22(19-9-7-18(8-10-19)17-5-3-2-4-6-17)15-28(24(27)26)16-23(29)20-11-13-21(25)14-12-20;/h2-15,26H,16H2,1H3;1H. The first-order chi connectivity index (χ1) is 14.0. The molecule has 2 N–H and O–H groups in total. The van der Waals surface area contributed by atoms with E-state index in [-0.39, 0.29) is 29.3 Å². The largest absolute Gasteiger partial charge is 1.00 e. The van der Waals surface area contributed by atoms with Crippen LogP contribution in [0.4, 0.5) is 5.95 Å². The summed E-state index contributed by atoms with van der Waals surface area (Å²) < 4.78 is 3.67. The monoisotopic (exact) mass is 481 g/mol. The van der Waals surface area contributed by atoms with Crippen molar-refractivity contribution in [2.75, 3.05) is 5.73 Å². The van der Waals surface area contributed by atoms with Crippen LogP contribution in [-0.4, -0.2) is 10.4 Å². The van der Waals surface area contributed by atoms with Crippen molar-refractivity contribution in [3.8, 4) is 22.4 Å². The van der Waals surface area contributed by atoms with Crippen LogP contribution in [0.25, 0.3) is 22.4 Å². The summed E-state index contributed by atoms with van der Waals surface area (Å²) in [5.74, 6) is 0.504. The van der Waals surface area contributed by atoms with Gasteiger partial charge in [0, 0.05) is 16.1 Å². The molecule has 0 saturated carbocycles. The Morgan fingerprint density at radius 2 is 1.47 bits per heavy atom. The lowest BCUT2D eigenvalue weighted by atomic mass is 10.0. The Hall–Kier alpha value is -2.89. The highest BCUT2D eigenvalue weighted by Crippen LogP contribution is 2.25. The molecule has 3 aromatic carbocycles. The van der Waals surface area contributed by atoms with Gasteiger partial charge in [-0.3, -0.25) is 10.5 Å². The number of carbonyl (C=O) groups is 1. The topological polar surface area (TPSA) is 51.9 Å².